The molecule has 3 aromatic carbocycles. The van der Waals surface area contributed by atoms with E-state index in [1.165, 1.54) is 0 Å². The van der Waals surface area contributed by atoms with E-state index < -0.39 is 17.8 Å². The fourth-order valence-electron chi connectivity index (χ4n) is 4.18. The predicted molar refractivity (Wildman–Crippen MR) is 114 cm³/mol. The zero-order chi connectivity index (χ0) is 20.2. The van der Waals surface area contributed by atoms with Crippen molar-refractivity contribution in [2.45, 2.75) is 12.8 Å². The summed E-state index contributed by atoms with van der Waals surface area (Å²) in [6, 6.07) is 28.9. The maximum absolute atomic E-state index is 13.2. The molecular formula is C26H22O3. The number of Topliss-reactive ketones (excluding diaryl/α,β-unsaturated/α-hetero) is 1. The van der Waals surface area contributed by atoms with E-state index in [-0.39, 0.29) is 5.78 Å². The molecule has 0 bridgehead atoms. The highest BCUT2D eigenvalue weighted by molar-refractivity contribution is 6.04. The van der Waals surface area contributed by atoms with Crippen molar-refractivity contribution in [2.75, 3.05) is 0 Å². The molecule has 2 atom stereocenters. The van der Waals surface area contributed by atoms with Crippen molar-refractivity contribution in [3.05, 3.63) is 108 Å². The van der Waals surface area contributed by atoms with Crippen LogP contribution >= 0.6 is 0 Å². The molecule has 0 amide bonds. The van der Waals surface area contributed by atoms with Crippen LogP contribution in [0.3, 0.4) is 0 Å². The van der Waals surface area contributed by atoms with Crippen LogP contribution in [0.4, 0.5) is 0 Å². The van der Waals surface area contributed by atoms with Gasteiger partial charge in [-0.2, -0.15) is 0 Å². The number of benzene rings is 3. The van der Waals surface area contributed by atoms with Gasteiger partial charge in [0.25, 0.3) is 0 Å². The summed E-state index contributed by atoms with van der Waals surface area (Å²) in [5, 5.41) is 9.95. The molecule has 0 heterocycles. The number of rotatable bonds is 5. The first-order valence-electron chi connectivity index (χ1n) is 9.80. The van der Waals surface area contributed by atoms with E-state index in [4.69, 9.17) is 0 Å². The third kappa shape index (κ3) is 3.90. The van der Waals surface area contributed by atoms with Crippen LogP contribution in [0.1, 0.15) is 34.3 Å². The molecule has 0 radical (unpaired) electrons. The van der Waals surface area contributed by atoms with Gasteiger partial charge >= 0.3 is 5.97 Å². The average Bonchev–Trinajstić information content (AvgIpc) is 2.79. The van der Waals surface area contributed by atoms with Gasteiger partial charge in [-0.3, -0.25) is 9.59 Å². The van der Waals surface area contributed by atoms with Gasteiger partial charge in [-0.25, -0.2) is 0 Å². The van der Waals surface area contributed by atoms with Crippen LogP contribution in [0.25, 0.3) is 11.1 Å². The fraction of sp³-hybridized carbons (Fsp3) is 0.154. The molecule has 0 saturated carbocycles. The minimum Gasteiger partial charge on any atom is -0.481 e. The number of hydrogen-bond acceptors (Lipinski definition) is 2. The average molecular weight is 382 g/mol. The monoisotopic (exact) mass is 382 g/mol. The Hall–Kier alpha value is -3.46. The summed E-state index contributed by atoms with van der Waals surface area (Å²) >= 11 is 0. The van der Waals surface area contributed by atoms with Crippen LogP contribution in [-0.2, 0) is 4.79 Å². The minimum absolute atomic E-state index is 0.0986. The Bertz CT molecular complexity index is 1040. The Labute approximate surface area is 170 Å². The van der Waals surface area contributed by atoms with E-state index in [1.807, 2.05) is 78.9 Å². The second-order valence-corrected chi connectivity index (χ2v) is 7.38. The molecule has 0 spiro atoms. The number of aliphatic carboxylic acids is 1. The largest absolute Gasteiger partial charge is 0.481 e. The molecule has 0 aliphatic heterocycles. The summed E-state index contributed by atoms with van der Waals surface area (Å²) in [6.07, 6.45) is 0.756. The third-order valence-electron chi connectivity index (χ3n) is 5.65. The summed E-state index contributed by atoms with van der Waals surface area (Å²) in [4.78, 5) is 25.4. The number of carbonyl (C=O) groups is 2. The molecular weight excluding hydrogens is 360 g/mol. The summed E-state index contributed by atoms with van der Waals surface area (Å²) < 4.78 is 0. The van der Waals surface area contributed by atoms with Gasteiger partial charge in [0.2, 0.25) is 0 Å². The lowest BCUT2D eigenvalue weighted by molar-refractivity contribution is -0.143. The van der Waals surface area contributed by atoms with E-state index in [0.717, 1.165) is 22.3 Å². The molecule has 4 rings (SSSR count). The maximum atomic E-state index is 13.2. The predicted octanol–water partition coefficient (Wildman–Crippen LogP) is 5.59. The smallest absolute Gasteiger partial charge is 0.307 e. The molecule has 1 N–H and O–H groups in total. The molecule has 0 unspecified atom stereocenters. The van der Waals surface area contributed by atoms with Crippen LogP contribution in [0.2, 0.25) is 0 Å². The van der Waals surface area contributed by atoms with E-state index in [2.05, 4.69) is 0 Å². The van der Waals surface area contributed by atoms with Crippen molar-refractivity contribution in [1.29, 1.82) is 0 Å². The first kappa shape index (κ1) is 18.9. The van der Waals surface area contributed by atoms with Crippen LogP contribution < -0.4 is 0 Å². The van der Waals surface area contributed by atoms with Crippen LogP contribution in [0, 0.1) is 11.8 Å². The molecule has 0 saturated heterocycles. The van der Waals surface area contributed by atoms with E-state index in [0.29, 0.717) is 18.4 Å². The van der Waals surface area contributed by atoms with Gasteiger partial charge in [-0.15, -0.1) is 0 Å². The molecule has 0 aromatic heterocycles. The number of allylic oxidation sites excluding steroid dienone is 2. The Morgan fingerprint density at radius 2 is 1.03 bits per heavy atom. The van der Waals surface area contributed by atoms with Gasteiger partial charge in [0.1, 0.15) is 0 Å². The number of hydrogen-bond donors (Lipinski definition) is 1. The molecule has 1 aliphatic rings. The van der Waals surface area contributed by atoms with Gasteiger partial charge in [0.15, 0.2) is 5.78 Å². The number of carboxylic acid groups (broad SMARTS) is 1. The Morgan fingerprint density at radius 3 is 1.48 bits per heavy atom. The van der Waals surface area contributed by atoms with Crippen LogP contribution in [0.15, 0.2) is 91.0 Å². The molecule has 3 aromatic rings. The Morgan fingerprint density at radius 1 is 0.621 bits per heavy atom. The van der Waals surface area contributed by atoms with Gasteiger partial charge in [-0.05, 0) is 35.1 Å². The number of ketones is 1. The van der Waals surface area contributed by atoms with Gasteiger partial charge in [0, 0.05) is 11.5 Å². The van der Waals surface area contributed by atoms with Gasteiger partial charge in [-0.1, -0.05) is 91.0 Å². The highest BCUT2D eigenvalue weighted by atomic mass is 16.4. The first-order valence-corrected chi connectivity index (χ1v) is 9.80. The van der Waals surface area contributed by atoms with Crippen LogP contribution in [0.5, 0.6) is 0 Å². The zero-order valence-corrected chi connectivity index (χ0v) is 16.0. The molecule has 3 nitrogen and oxygen atoms in total. The number of carbonyl (C=O) groups excluding carboxylic acids is 1. The van der Waals surface area contributed by atoms with Gasteiger partial charge < -0.3 is 5.11 Å². The fourth-order valence-corrected chi connectivity index (χ4v) is 4.18. The third-order valence-corrected chi connectivity index (χ3v) is 5.65. The normalized spacial score (nSPS) is 19.0. The molecule has 3 heteroatoms. The summed E-state index contributed by atoms with van der Waals surface area (Å²) in [5.74, 6) is -2.35. The Kier molecular flexibility index (Phi) is 5.39. The highest BCUT2D eigenvalue weighted by Gasteiger charge is 2.39. The van der Waals surface area contributed by atoms with Crippen LogP contribution in [-0.4, -0.2) is 16.9 Å². The maximum Gasteiger partial charge on any atom is 0.307 e. The quantitative estimate of drug-likeness (QED) is 0.585. The van der Waals surface area contributed by atoms with Crippen molar-refractivity contribution < 1.29 is 14.7 Å². The lowest BCUT2D eigenvalue weighted by Crippen LogP contribution is -2.33. The molecule has 1 aliphatic carbocycles. The molecule has 144 valence electrons. The lowest BCUT2D eigenvalue weighted by Gasteiger charge is -2.32. The second-order valence-electron chi connectivity index (χ2n) is 7.38. The molecule has 0 fully saturated rings. The van der Waals surface area contributed by atoms with Gasteiger partial charge in [0.05, 0.1) is 5.92 Å². The van der Waals surface area contributed by atoms with Crippen molar-refractivity contribution >= 4 is 22.9 Å². The topological polar surface area (TPSA) is 54.4 Å². The van der Waals surface area contributed by atoms with E-state index in [9.17, 15) is 14.7 Å². The summed E-state index contributed by atoms with van der Waals surface area (Å²) in [5.41, 5.74) is 4.70. The number of carboxylic acids is 1. The Balaban J connectivity index is 1.83. The van der Waals surface area contributed by atoms with E-state index in [1.54, 1.807) is 12.1 Å². The van der Waals surface area contributed by atoms with Crippen molar-refractivity contribution in [2.24, 2.45) is 11.8 Å². The summed E-state index contributed by atoms with van der Waals surface area (Å²) in [7, 11) is 0. The van der Waals surface area contributed by atoms with Crippen molar-refractivity contribution in [3.63, 3.8) is 0 Å². The highest BCUT2D eigenvalue weighted by Crippen LogP contribution is 2.44. The minimum atomic E-state index is -0.917. The second kappa shape index (κ2) is 8.27. The van der Waals surface area contributed by atoms with Crippen molar-refractivity contribution in [3.8, 4) is 0 Å². The standard InChI is InChI=1S/C26H22O3/c27-25(20-14-8-3-9-15-20)23-16-21(18-10-4-1-5-11-18)22(17-24(23)26(28)29)19-12-6-2-7-13-19/h1-15,23-24H,16-17H2,(H,28,29)/t23-,24+/m0/s1. The van der Waals surface area contributed by atoms with Crippen molar-refractivity contribution in [1.82, 2.24) is 0 Å². The van der Waals surface area contributed by atoms with E-state index >= 15 is 0 Å². The summed E-state index contributed by atoms with van der Waals surface area (Å²) in [6.45, 7) is 0. The molecule has 29 heavy (non-hydrogen) atoms. The lowest BCUT2D eigenvalue weighted by atomic mass is 9.70. The first-order chi connectivity index (χ1) is 14.1. The zero-order valence-electron chi connectivity index (χ0n) is 16.0. The SMILES string of the molecule is O=C(c1ccccc1)[C@H]1CC(c2ccccc2)=C(c2ccccc2)C[C@H]1C(=O)O.